The second-order valence-electron chi connectivity index (χ2n) is 5.12. The summed E-state index contributed by atoms with van der Waals surface area (Å²) < 4.78 is 5.57. The van der Waals surface area contributed by atoms with Crippen LogP contribution in [0.5, 0.6) is 5.88 Å². The highest BCUT2D eigenvalue weighted by molar-refractivity contribution is 5.32. The van der Waals surface area contributed by atoms with E-state index in [9.17, 15) is 0 Å². The van der Waals surface area contributed by atoms with Crippen LogP contribution < -0.4 is 10.1 Å². The molecule has 4 heteroatoms. The fourth-order valence-corrected chi connectivity index (χ4v) is 2.10. The lowest BCUT2D eigenvalue weighted by atomic mass is 10.1. The highest BCUT2D eigenvalue weighted by Crippen LogP contribution is 2.13. The number of aryl methyl sites for hydroxylation is 2. The average molecular weight is 285 g/mol. The van der Waals surface area contributed by atoms with Crippen molar-refractivity contribution in [1.29, 1.82) is 0 Å². The van der Waals surface area contributed by atoms with E-state index in [2.05, 4.69) is 53.4 Å². The molecule has 1 aromatic carbocycles. The smallest absolute Gasteiger partial charge is 0.226 e. The van der Waals surface area contributed by atoms with Crippen molar-refractivity contribution >= 4 is 5.95 Å². The van der Waals surface area contributed by atoms with Gasteiger partial charge in [0.15, 0.2) is 0 Å². The Morgan fingerprint density at radius 3 is 2.71 bits per heavy atom. The summed E-state index contributed by atoms with van der Waals surface area (Å²) in [5.74, 6) is 1.28. The van der Waals surface area contributed by atoms with Crippen molar-refractivity contribution in [3.05, 3.63) is 47.2 Å². The van der Waals surface area contributed by atoms with Crippen LogP contribution in [0.25, 0.3) is 0 Å². The maximum Gasteiger partial charge on any atom is 0.226 e. The van der Waals surface area contributed by atoms with Crippen molar-refractivity contribution in [2.75, 3.05) is 18.5 Å². The van der Waals surface area contributed by atoms with E-state index in [0.717, 1.165) is 25.1 Å². The first-order valence-electron chi connectivity index (χ1n) is 7.46. The first-order valence-corrected chi connectivity index (χ1v) is 7.46. The zero-order valence-corrected chi connectivity index (χ0v) is 13.0. The van der Waals surface area contributed by atoms with Crippen molar-refractivity contribution in [1.82, 2.24) is 9.97 Å². The Morgan fingerprint density at radius 2 is 1.95 bits per heavy atom. The fourth-order valence-electron chi connectivity index (χ4n) is 2.10. The first kappa shape index (κ1) is 15.3. The van der Waals surface area contributed by atoms with Gasteiger partial charge >= 0.3 is 0 Å². The second kappa shape index (κ2) is 7.62. The van der Waals surface area contributed by atoms with Crippen molar-refractivity contribution in [3.8, 4) is 5.88 Å². The molecule has 1 aromatic heterocycles. The largest absolute Gasteiger partial charge is 0.478 e. The number of ether oxygens (including phenoxy) is 1. The third-order valence-electron chi connectivity index (χ3n) is 3.22. The molecular weight excluding hydrogens is 262 g/mol. The van der Waals surface area contributed by atoms with Crippen molar-refractivity contribution in [3.63, 3.8) is 0 Å². The van der Waals surface area contributed by atoms with Gasteiger partial charge in [0.05, 0.1) is 6.61 Å². The molecule has 112 valence electrons. The van der Waals surface area contributed by atoms with E-state index in [4.69, 9.17) is 4.74 Å². The van der Waals surface area contributed by atoms with E-state index in [0.29, 0.717) is 18.4 Å². The molecule has 0 saturated heterocycles. The number of nitrogens with one attached hydrogen (secondary N) is 1. The van der Waals surface area contributed by atoms with Gasteiger partial charge in [-0.05, 0) is 37.8 Å². The topological polar surface area (TPSA) is 47.0 Å². The fraction of sp³-hybridized carbons (Fsp3) is 0.412. The molecule has 2 rings (SSSR count). The van der Waals surface area contributed by atoms with Gasteiger partial charge < -0.3 is 10.1 Å². The number of hydrogen-bond acceptors (Lipinski definition) is 4. The SMILES string of the molecule is CCCOc1cc(C)nc(NCCc2ccccc2C)n1. The van der Waals surface area contributed by atoms with E-state index in [1.54, 1.807) is 0 Å². The van der Waals surface area contributed by atoms with Crippen LogP contribution in [-0.4, -0.2) is 23.1 Å². The molecule has 0 aliphatic carbocycles. The maximum absolute atomic E-state index is 5.57. The normalized spacial score (nSPS) is 10.4. The van der Waals surface area contributed by atoms with Gasteiger partial charge in [0.2, 0.25) is 11.8 Å². The number of hydrogen-bond donors (Lipinski definition) is 1. The van der Waals surface area contributed by atoms with Crippen molar-refractivity contribution in [2.45, 2.75) is 33.6 Å². The van der Waals surface area contributed by atoms with Gasteiger partial charge in [0.1, 0.15) is 0 Å². The predicted molar refractivity (Wildman–Crippen MR) is 85.9 cm³/mol. The van der Waals surface area contributed by atoms with Gasteiger partial charge in [-0.1, -0.05) is 31.2 Å². The van der Waals surface area contributed by atoms with Crippen LogP contribution in [-0.2, 0) is 6.42 Å². The van der Waals surface area contributed by atoms with Crippen LogP contribution in [0.2, 0.25) is 0 Å². The van der Waals surface area contributed by atoms with E-state index in [1.807, 2.05) is 13.0 Å². The Balaban J connectivity index is 1.93. The summed E-state index contributed by atoms with van der Waals surface area (Å²) in [6.45, 7) is 7.65. The van der Waals surface area contributed by atoms with Gasteiger partial charge in [0.25, 0.3) is 0 Å². The van der Waals surface area contributed by atoms with Crippen LogP contribution in [0.15, 0.2) is 30.3 Å². The Labute approximate surface area is 126 Å². The van der Waals surface area contributed by atoms with Crippen LogP contribution >= 0.6 is 0 Å². The van der Waals surface area contributed by atoms with Crippen molar-refractivity contribution in [2.24, 2.45) is 0 Å². The number of nitrogens with zero attached hydrogens (tertiary/aromatic N) is 2. The molecular formula is C17H23N3O. The molecule has 21 heavy (non-hydrogen) atoms. The minimum atomic E-state index is 0.634. The number of aromatic nitrogens is 2. The molecule has 0 atom stereocenters. The Morgan fingerprint density at radius 1 is 1.14 bits per heavy atom. The van der Waals surface area contributed by atoms with Crippen LogP contribution in [0.4, 0.5) is 5.95 Å². The molecule has 0 amide bonds. The lowest BCUT2D eigenvalue weighted by Gasteiger charge is -2.10. The third kappa shape index (κ3) is 4.74. The molecule has 0 bridgehead atoms. The molecule has 4 nitrogen and oxygen atoms in total. The van der Waals surface area contributed by atoms with Crippen LogP contribution in [0, 0.1) is 13.8 Å². The third-order valence-corrected chi connectivity index (χ3v) is 3.22. The molecule has 1 heterocycles. The molecule has 2 aromatic rings. The summed E-state index contributed by atoms with van der Waals surface area (Å²) in [6.07, 6.45) is 1.92. The van der Waals surface area contributed by atoms with Gasteiger partial charge in [-0.25, -0.2) is 4.98 Å². The number of anilines is 1. The summed E-state index contributed by atoms with van der Waals surface area (Å²) in [6, 6.07) is 10.3. The lowest BCUT2D eigenvalue weighted by Crippen LogP contribution is -2.10. The number of benzene rings is 1. The lowest BCUT2D eigenvalue weighted by molar-refractivity contribution is 0.305. The highest BCUT2D eigenvalue weighted by Gasteiger charge is 2.03. The summed E-state index contributed by atoms with van der Waals surface area (Å²) >= 11 is 0. The summed E-state index contributed by atoms with van der Waals surface area (Å²) in [5, 5.41) is 3.28. The standard InChI is InChI=1S/C17H23N3O/c1-4-11-21-16-12-14(3)19-17(20-16)18-10-9-15-8-6-5-7-13(15)2/h5-8,12H,4,9-11H2,1-3H3,(H,18,19,20). The van der Waals surface area contributed by atoms with Crippen LogP contribution in [0.3, 0.4) is 0 Å². The Hall–Kier alpha value is -2.10. The molecule has 0 radical (unpaired) electrons. The molecule has 0 saturated carbocycles. The summed E-state index contributed by atoms with van der Waals surface area (Å²) in [4.78, 5) is 8.77. The Kier molecular flexibility index (Phi) is 5.55. The summed E-state index contributed by atoms with van der Waals surface area (Å²) in [7, 11) is 0. The minimum absolute atomic E-state index is 0.634. The monoisotopic (exact) mass is 285 g/mol. The Bertz CT molecular complexity index is 584. The van der Waals surface area contributed by atoms with E-state index in [-0.39, 0.29) is 0 Å². The van der Waals surface area contributed by atoms with Gasteiger partial charge in [-0.3, -0.25) is 0 Å². The van der Waals surface area contributed by atoms with Crippen molar-refractivity contribution < 1.29 is 4.74 Å². The minimum Gasteiger partial charge on any atom is -0.478 e. The molecule has 0 fully saturated rings. The van der Waals surface area contributed by atoms with Gasteiger partial charge in [-0.2, -0.15) is 4.98 Å². The zero-order valence-electron chi connectivity index (χ0n) is 13.0. The average Bonchev–Trinajstić information content (AvgIpc) is 2.47. The quantitative estimate of drug-likeness (QED) is 0.845. The molecule has 0 spiro atoms. The molecule has 0 aliphatic heterocycles. The van der Waals surface area contributed by atoms with E-state index < -0.39 is 0 Å². The number of rotatable bonds is 7. The molecule has 0 aliphatic rings. The van der Waals surface area contributed by atoms with Crippen LogP contribution in [0.1, 0.15) is 30.2 Å². The second-order valence-corrected chi connectivity index (χ2v) is 5.12. The molecule has 1 N–H and O–H groups in total. The molecule has 0 unspecified atom stereocenters. The van der Waals surface area contributed by atoms with Gasteiger partial charge in [0, 0.05) is 18.3 Å². The van der Waals surface area contributed by atoms with Gasteiger partial charge in [-0.15, -0.1) is 0 Å². The zero-order chi connectivity index (χ0) is 15.1. The first-order chi connectivity index (χ1) is 10.2. The highest BCUT2D eigenvalue weighted by atomic mass is 16.5. The predicted octanol–water partition coefficient (Wildman–Crippen LogP) is 3.54. The van der Waals surface area contributed by atoms with E-state index >= 15 is 0 Å². The maximum atomic E-state index is 5.57. The van der Waals surface area contributed by atoms with E-state index in [1.165, 1.54) is 11.1 Å². The summed E-state index contributed by atoms with van der Waals surface area (Å²) in [5.41, 5.74) is 3.58.